The van der Waals surface area contributed by atoms with Gasteiger partial charge in [0.15, 0.2) is 0 Å². The maximum atomic E-state index is 3.74. The van der Waals surface area contributed by atoms with Crippen LogP contribution in [0.5, 0.6) is 0 Å². The molecule has 1 unspecified atom stereocenters. The lowest BCUT2D eigenvalue weighted by Crippen LogP contribution is -2.27. The van der Waals surface area contributed by atoms with Crippen molar-refractivity contribution in [1.82, 2.24) is 5.32 Å². The Kier molecular flexibility index (Phi) is 7.02. The number of hydrogen-bond acceptors (Lipinski definition) is 2. The van der Waals surface area contributed by atoms with Crippen LogP contribution >= 0.6 is 11.8 Å². The van der Waals surface area contributed by atoms with E-state index in [1.54, 1.807) is 0 Å². The van der Waals surface area contributed by atoms with E-state index in [-0.39, 0.29) is 0 Å². The number of rotatable bonds is 8. The maximum absolute atomic E-state index is 3.74. The second kappa shape index (κ2) is 8.43. The normalized spacial score (nSPS) is 12.3. The fourth-order valence-corrected chi connectivity index (χ4v) is 2.27. The summed E-state index contributed by atoms with van der Waals surface area (Å²) in [5.74, 6) is 1.13. The molecule has 16 heavy (non-hydrogen) atoms. The van der Waals surface area contributed by atoms with Gasteiger partial charge in [-0.15, -0.1) is 18.3 Å². The Bertz CT molecular complexity index is 284. The van der Waals surface area contributed by atoms with Crippen molar-refractivity contribution < 1.29 is 0 Å². The van der Waals surface area contributed by atoms with E-state index in [0.29, 0.717) is 6.04 Å². The summed E-state index contributed by atoms with van der Waals surface area (Å²) < 4.78 is 0. The smallest absolute Gasteiger partial charge is 0.0106 e. The van der Waals surface area contributed by atoms with Gasteiger partial charge in [0, 0.05) is 23.2 Å². The molecule has 1 N–H and O–H groups in total. The van der Waals surface area contributed by atoms with Crippen LogP contribution in [0.2, 0.25) is 0 Å². The number of allylic oxidation sites excluding steroid dienone is 1. The summed E-state index contributed by atoms with van der Waals surface area (Å²) in [6.07, 6.45) is 4.26. The molecule has 1 nitrogen and oxygen atoms in total. The molecule has 1 aromatic carbocycles. The van der Waals surface area contributed by atoms with Gasteiger partial charge in [-0.1, -0.05) is 24.3 Å². The Labute approximate surface area is 103 Å². The van der Waals surface area contributed by atoms with Gasteiger partial charge < -0.3 is 5.32 Å². The summed E-state index contributed by atoms with van der Waals surface area (Å²) in [5.41, 5.74) is 0. The first-order valence-electron chi connectivity index (χ1n) is 5.85. The predicted molar refractivity (Wildman–Crippen MR) is 74.1 cm³/mol. The predicted octanol–water partition coefficient (Wildman–Crippen LogP) is 3.72. The van der Waals surface area contributed by atoms with Crippen molar-refractivity contribution in [2.24, 2.45) is 0 Å². The third-order valence-corrected chi connectivity index (χ3v) is 3.42. The lowest BCUT2D eigenvalue weighted by molar-refractivity contribution is 0.537. The topological polar surface area (TPSA) is 12.0 Å². The van der Waals surface area contributed by atoms with Gasteiger partial charge in [0.2, 0.25) is 0 Å². The van der Waals surface area contributed by atoms with Crippen LogP contribution in [0.1, 0.15) is 19.8 Å². The summed E-state index contributed by atoms with van der Waals surface area (Å²) in [6.45, 7) is 7.04. The molecule has 0 bridgehead atoms. The fourth-order valence-electron chi connectivity index (χ4n) is 1.46. The zero-order valence-electron chi connectivity index (χ0n) is 9.99. The zero-order valence-corrected chi connectivity index (χ0v) is 10.8. The first-order valence-corrected chi connectivity index (χ1v) is 6.83. The van der Waals surface area contributed by atoms with Crippen molar-refractivity contribution in [2.45, 2.75) is 30.7 Å². The number of nitrogens with one attached hydrogen (secondary N) is 1. The summed E-state index contributed by atoms with van der Waals surface area (Å²) in [5, 5.41) is 3.52. The Balaban J connectivity index is 2.05. The van der Waals surface area contributed by atoms with Gasteiger partial charge in [0.1, 0.15) is 0 Å². The minimum atomic E-state index is 0.592. The second-order valence-corrected chi connectivity index (χ2v) is 5.05. The minimum Gasteiger partial charge on any atom is -0.313 e. The Morgan fingerprint density at radius 1 is 1.38 bits per heavy atom. The summed E-state index contributed by atoms with van der Waals surface area (Å²) >= 11 is 1.90. The van der Waals surface area contributed by atoms with Gasteiger partial charge in [-0.3, -0.25) is 0 Å². The highest BCUT2D eigenvalue weighted by molar-refractivity contribution is 7.99. The van der Waals surface area contributed by atoms with E-state index in [0.717, 1.165) is 18.7 Å². The zero-order chi connectivity index (χ0) is 11.6. The van der Waals surface area contributed by atoms with Crippen LogP contribution in [0, 0.1) is 0 Å². The van der Waals surface area contributed by atoms with E-state index in [4.69, 9.17) is 0 Å². The Morgan fingerprint density at radius 2 is 2.12 bits per heavy atom. The first kappa shape index (κ1) is 13.3. The SMILES string of the molecule is C=CCCC(C)NCCSc1ccccc1. The van der Waals surface area contributed by atoms with Crippen LogP contribution in [0.4, 0.5) is 0 Å². The van der Waals surface area contributed by atoms with Crippen LogP contribution in [0.25, 0.3) is 0 Å². The Hall–Kier alpha value is -0.730. The van der Waals surface area contributed by atoms with E-state index < -0.39 is 0 Å². The maximum Gasteiger partial charge on any atom is 0.0106 e. The largest absolute Gasteiger partial charge is 0.313 e. The molecular weight excluding hydrogens is 214 g/mol. The van der Waals surface area contributed by atoms with E-state index in [9.17, 15) is 0 Å². The molecule has 0 saturated heterocycles. The van der Waals surface area contributed by atoms with Crippen molar-refractivity contribution in [3.63, 3.8) is 0 Å². The molecule has 2 heteroatoms. The van der Waals surface area contributed by atoms with Crippen molar-refractivity contribution >= 4 is 11.8 Å². The van der Waals surface area contributed by atoms with Crippen molar-refractivity contribution in [2.75, 3.05) is 12.3 Å². The summed E-state index contributed by atoms with van der Waals surface area (Å²) in [4.78, 5) is 1.35. The quantitative estimate of drug-likeness (QED) is 0.419. The third-order valence-electron chi connectivity index (χ3n) is 2.41. The summed E-state index contributed by atoms with van der Waals surface area (Å²) in [6, 6.07) is 11.1. The van der Waals surface area contributed by atoms with Gasteiger partial charge in [0.25, 0.3) is 0 Å². The van der Waals surface area contributed by atoms with Crippen LogP contribution in [0.15, 0.2) is 47.9 Å². The Morgan fingerprint density at radius 3 is 2.81 bits per heavy atom. The van der Waals surface area contributed by atoms with Crippen LogP contribution in [-0.2, 0) is 0 Å². The molecule has 0 aliphatic rings. The average molecular weight is 235 g/mol. The number of thioether (sulfide) groups is 1. The van der Waals surface area contributed by atoms with Crippen molar-refractivity contribution in [3.05, 3.63) is 43.0 Å². The lowest BCUT2D eigenvalue weighted by Gasteiger charge is -2.12. The monoisotopic (exact) mass is 235 g/mol. The molecule has 0 fully saturated rings. The molecule has 0 spiro atoms. The summed E-state index contributed by atoms with van der Waals surface area (Å²) in [7, 11) is 0. The van der Waals surface area contributed by atoms with E-state index in [1.807, 2.05) is 17.8 Å². The average Bonchev–Trinajstić information content (AvgIpc) is 2.33. The van der Waals surface area contributed by atoms with Crippen LogP contribution < -0.4 is 5.32 Å². The van der Waals surface area contributed by atoms with Crippen LogP contribution in [0.3, 0.4) is 0 Å². The van der Waals surface area contributed by atoms with E-state index >= 15 is 0 Å². The second-order valence-electron chi connectivity index (χ2n) is 3.88. The number of benzene rings is 1. The van der Waals surface area contributed by atoms with Crippen molar-refractivity contribution in [1.29, 1.82) is 0 Å². The standard InChI is InChI=1S/C14H21NS/c1-3-4-8-13(2)15-11-12-16-14-9-6-5-7-10-14/h3,5-7,9-10,13,15H,1,4,8,11-12H2,2H3. The molecule has 0 aliphatic carbocycles. The van der Waals surface area contributed by atoms with E-state index in [2.05, 4.69) is 49.2 Å². The van der Waals surface area contributed by atoms with Crippen LogP contribution in [-0.4, -0.2) is 18.3 Å². The van der Waals surface area contributed by atoms with Gasteiger partial charge in [-0.05, 0) is 31.9 Å². The molecule has 0 aliphatic heterocycles. The molecule has 1 rings (SSSR count). The molecule has 0 amide bonds. The van der Waals surface area contributed by atoms with Gasteiger partial charge in [-0.2, -0.15) is 0 Å². The highest BCUT2D eigenvalue weighted by Gasteiger charge is 1.99. The molecule has 88 valence electrons. The first-order chi connectivity index (χ1) is 7.83. The lowest BCUT2D eigenvalue weighted by atomic mass is 10.2. The van der Waals surface area contributed by atoms with Gasteiger partial charge in [0.05, 0.1) is 0 Å². The molecule has 0 aromatic heterocycles. The number of hydrogen-bond donors (Lipinski definition) is 1. The third kappa shape index (κ3) is 5.99. The molecular formula is C14H21NS. The van der Waals surface area contributed by atoms with Gasteiger partial charge >= 0.3 is 0 Å². The highest BCUT2D eigenvalue weighted by Crippen LogP contribution is 2.15. The van der Waals surface area contributed by atoms with Crippen molar-refractivity contribution in [3.8, 4) is 0 Å². The minimum absolute atomic E-state index is 0.592. The highest BCUT2D eigenvalue weighted by atomic mass is 32.2. The van der Waals surface area contributed by atoms with Gasteiger partial charge in [-0.25, -0.2) is 0 Å². The molecule has 0 saturated carbocycles. The molecule has 0 radical (unpaired) electrons. The molecule has 1 atom stereocenters. The molecule has 1 aromatic rings. The fraction of sp³-hybridized carbons (Fsp3) is 0.429. The van der Waals surface area contributed by atoms with E-state index in [1.165, 1.54) is 11.3 Å². The molecule has 0 heterocycles.